The third kappa shape index (κ3) is 4.07. The Morgan fingerprint density at radius 3 is 2.15 bits per heavy atom. The van der Waals surface area contributed by atoms with Gasteiger partial charge in [0, 0.05) is 37.7 Å². The Morgan fingerprint density at radius 2 is 1.61 bits per heavy atom. The number of hydrogen-bond donors (Lipinski definition) is 1. The molecule has 17 heteroatoms. The molecule has 4 aliphatic rings. The first kappa shape index (κ1) is 31.9. The van der Waals surface area contributed by atoms with Gasteiger partial charge < -0.3 is 10.0 Å². The Kier molecular flexibility index (Phi) is 7.44. The number of imide groups is 2. The number of carbonyl (C=O) groups is 4. The Labute approximate surface area is 278 Å². The number of para-hydroxylation sites is 1. The molecular formula is C29H24BrCl2N5O9. The van der Waals surface area contributed by atoms with E-state index < -0.39 is 78.3 Å². The minimum atomic E-state index is -2.11. The van der Waals surface area contributed by atoms with Crippen molar-refractivity contribution in [1.29, 1.82) is 0 Å². The summed E-state index contributed by atoms with van der Waals surface area (Å²) in [4.78, 5) is 76.6. The van der Waals surface area contributed by atoms with E-state index >= 15 is 0 Å². The van der Waals surface area contributed by atoms with Gasteiger partial charge in [-0.2, -0.15) is 0 Å². The number of fused-ring (bicyclic) bond motifs is 4. The van der Waals surface area contributed by atoms with Crippen molar-refractivity contribution in [3.63, 3.8) is 0 Å². The van der Waals surface area contributed by atoms with Crippen LogP contribution in [-0.4, -0.2) is 72.8 Å². The van der Waals surface area contributed by atoms with Crippen molar-refractivity contribution >= 4 is 85.5 Å². The number of nitro benzene ring substituents is 2. The summed E-state index contributed by atoms with van der Waals surface area (Å²) in [6.45, 7) is 0. The summed E-state index contributed by atoms with van der Waals surface area (Å²) in [5, 5.41) is 34.9. The molecule has 2 aromatic carbocycles. The van der Waals surface area contributed by atoms with Crippen molar-refractivity contribution < 1.29 is 34.1 Å². The Bertz CT molecular complexity index is 1790. The summed E-state index contributed by atoms with van der Waals surface area (Å²) >= 11 is 17.4. The van der Waals surface area contributed by atoms with Gasteiger partial charge in [-0.15, -0.1) is 23.2 Å². The molecule has 0 unspecified atom stereocenters. The maximum absolute atomic E-state index is 14.3. The maximum Gasteiger partial charge on any atom is 0.301 e. The molecule has 4 amide bonds. The smallest absolute Gasteiger partial charge is 0.301 e. The standard InChI is InChI=1S/C29H24BrCl2N5O9/c1-33(2)23-18(36(43)44)9-13(10-19(23)37(45)46)35-24(39)16-8-7-14-17(21(16)25(35)40)11-28(31)26(41)34(12-30)27(42)29(28,32)22(14)15-5-3-4-6-20(15)38/h3-7,9-10,16-17,21-22,38H,8,11-12H2,1-2H3/t16-,17+,21-,22+,28+,29-/m0/s1. The van der Waals surface area contributed by atoms with Crippen LogP contribution in [0.15, 0.2) is 48.0 Å². The van der Waals surface area contributed by atoms with Gasteiger partial charge in [0.15, 0.2) is 15.4 Å². The van der Waals surface area contributed by atoms with Crippen LogP contribution in [0.3, 0.4) is 0 Å². The quantitative estimate of drug-likeness (QED) is 0.113. The van der Waals surface area contributed by atoms with Crippen molar-refractivity contribution in [1.82, 2.24) is 4.90 Å². The number of carbonyl (C=O) groups excluding carboxylic acids is 4. The number of halogens is 3. The number of likely N-dealkylation sites (tertiary alicyclic amines) is 1. The molecule has 3 fully saturated rings. The number of rotatable bonds is 6. The molecule has 2 aromatic rings. The maximum atomic E-state index is 14.3. The molecule has 46 heavy (non-hydrogen) atoms. The average Bonchev–Trinajstić information content (AvgIpc) is 3.34. The Morgan fingerprint density at radius 1 is 1.00 bits per heavy atom. The minimum absolute atomic E-state index is 0.0197. The van der Waals surface area contributed by atoms with Crippen molar-refractivity contribution in [2.24, 2.45) is 17.8 Å². The molecule has 2 aliphatic heterocycles. The van der Waals surface area contributed by atoms with Crippen molar-refractivity contribution in [2.45, 2.75) is 28.5 Å². The lowest BCUT2D eigenvalue weighted by molar-refractivity contribution is -0.392. The van der Waals surface area contributed by atoms with E-state index in [-0.39, 0.29) is 41.0 Å². The predicted octanol–water partition coefficient (Wildman–Crippen LogP) is 4.19. The van der Waals surface area contributed by atoms with Gasteiger partial charge in [0.25, 0.3) is 11.8 Å². The van der Waals surface area contributed by atoms with Gasteiger partial charge in [-0.3, -0.25) is 44.3 Å². The number of hydrogen-bond acceptors (Lipinski definition) is 10. The molecule has 14 nitrogen and oxygen atoms in total. The number of alkyl halides is 3. The van der Waals surface area contributed by atoms with Crippen molar-refractivity contribution in [3.05, 3.63) is 73.8 Å². The van der Waals surface area contributed by atoms with E-state index in [9.17, 15) is 44.5 Å². The van der Waals surface area contributed by atoms with Gasteiger partial charge in [-0.05, 0) is 24.8 Å². The Hall–Kier alpha value is -4.08. The van der Waals surface area contributed by atoms with Gasteiger partial charge >= 0.3 is 11.4 Å². The summed E-state index contributed by atoms with van der Waals surface area (Å²) in [6, 6.07) is 7.96. The number of nitro groups is 2. The second-order valence-corrected chi connectivity index (χ2v) is 13.5. The highest BCUT2D eigenvalue weighted by molar-refractivity contribution is 9.09. The van der Waals surface area contributed by atoms with E-state index in [4.69, 9.17) is 23.2 Å². The number of phenolic OH excluding ortho intramolecular Hbond substituents is 1. The number of phenols is 1. The number of benzene rings is 2. The summed E-state index contributed by atoms with van der Waals surface area (Å²) in [5.74, 6) is -7.69. The van der Waals surface area contributed by atoms with Crippen LogP contribution in [-0.2, 0) is 19.2 Å². The van der Waals surface area contributed by atoms with E-state index in [1.165, 1.54) is 31.1 Å². The normalized spacial score (nSPS) is 30.2. The molecule has 2 saturated heterocycles. The van der Waals surface area contributed by atoms with Crippen LogP contribution < -0.4 is 9.80 Å². The molecule has 240 valence electrons. The highest BCUT2D eigenvalue weighted by Crippen LogP contribution is 2.66. The molecule has 0 spiro atoms. The minimum Gasteiger partial charge on any atom is -0.508 e. The first-order valence-electron chi connectivity index (χ1n) is 13.9. The van der Waals surface area contributed by atoms with Crippen LogP contribution in [0, 0.1) is 38.0 Å². The van der Waals surface area contributed by atoms with Crippen LogP contribution >= 0.6 is 39.1 Å². The topological polar surface area (TPSA) is 185 Å². The fraction of sp³-hybridized carbons (Fsp3) is 0.379. The fourth-order valence-electron chi connectivity index (χ4n) is 7.54. The van der Waals surface area contributed by atoms with Gasteiger partial charge in [-0.25, -0.2) is 4.90 Å². The molecule has 0 radical (unpaired) electrons. The largest absolute Gasteiger partial charge is 0.508 e. The van der Waals surface area contributed by atoms with Crippen LogP contribution in [0.1, 0.15) is 24.3 Å². The SMILES string of the molecule is CN(C)c1c([N+](=O)[O-])cc(N2C(=O)[C@H]3[C@H](CC=C4[C@H]3C[C@@]3(Cl)C(=O)N(CBr)C(=O)[C@@]3(Cl)[C@H]4c3ccccc3O)C2=O)cc1[N+](=O)[O-]. The van der Waals surface area contributed by atoms with Gasteiger partial charge in [0.1, 0.15) is 5.75 Å². The van der Waals surface area contributed by atoms with Crippen LogP contribution in [0.4, 0.5) is 22.7 Å². The second-order valence-electron chi connectivity index (χ2n) is 11.8. The third-order valence-corrected chi connectivity index (χ3v) is 11.3. The molecule has 0 bridgehead atoms. The Balaban J connectivity index is 1.51. The molecule has 2 aliphatic carbocycles. The highest BCUT2D eigenvalue weighted by Gasteiger charge is 2.76. The lowest BCUT2D eigenvalue weighted by Crippen LogP contribution is -2.60. The first-order chi connectivity index (χ1) is 21.6. The lowest BCUT2D eigenvalue weighted by Gasteiger charge is -2.50. The monoisotopic (exact) mass is 735 g/mol. The zero-order chi connectivity index (χ0) is 33.6. The van der Waals surface area contributed by atoms with E-state index in [0.717, 1.165) is 17.0 Å². The summed E-state index contributed by atoms with van der Waals surface area (Å²) < 4.78 is 0. The molecule has 2 heterocycles. The molecule has 6 rings (SSSR count). The molecule has 1 saturated carbocycles. The predicted molar refractivity (Wildman–Crippen MR) is 168 cm³/mol. The van der Waals surface area contributed by atoms with E-state index in [2.05, 4.69) is 15.9 Å². The number of aromatic hydroxyl groups is 1. The summed E-state index contributed by atoms with van der Waals surface area (Å²) in [7, 11) is 2.77. The van der Waals surface area contributed by atoms with Crippen LogP contribution in [0.2, 0.25) is 0 Å². The van der Waals surface area contributed by atoms with Gasteiger partial charge in [0.05, 0.1) is 32.8 Å². The number of amides is 4. The van der Waals surface area contributed by atoms with Crippen molar-refractivity contribution in [2.75, 3.05) is 29.3 Å². The van der Waals surface area contributed by atoms with E-state index in [1.807, 2.05) is 0 Å². The zero-order valence-electron chi connectivity index (χ0n) is 24.1. The first-order valence-corrected chi connectivity index (χ1v) is 15.8. The molecule has 6 atom stereocenters. The number of nitrogens with zero attached hydrogens (tertiary/aromatic N) is 5. The van der Waals surface area contributed by atoms with E-state index in [0.29, 0.717) is 10.5 Å². The second kappa shape index (κ2) is 10.7. The zero-order valence-corrected chi connectivity index (χ0v) is 27.2. The average molecular weight is 737 g/mol. The van der Waals surface area contributed by atoms with Gasteiger partial charge in [-0.1, -0.05) is 45.8 Å². The highest BCUT2D eigenvalue weighted by atomic mass is 79.9. The molecular weight excluding hydrogens is 713 g/mol. The fourth-order valence-corrected chi connectivity index (χ4v) is 8.96. The van der Waals surface area contributed by atoms with Crippen LogP contribution in [0.25, 0.3) is 0 Å². The lowest BCUT2D eigenvalue weighted by atomic mass is 9.56. The summed E-state index contributed by atoms with van der Waals surface area (Å²) in [6.07, 6.45) is 1.32. The molecule has 0 aromatic heterocycles. The van der Waals surface area contributed by atoms with E-state index in [1.54, 1.807) is 18.2 Å². The van der Waals surface area contributed by atoms with Crippen molar-refractivity contribution in [3.8, 4) is 5.75 Å². The summed E-state index contributed by atoms with van der Waals surface area (Å²) in [5.41, 5.74) is -1.64. The van der Waals surface area contributed by atoms with Gasteiger partial charge in [0.2, 0.25) is 11.8 Å². The number of anilines is 2. The number of allylic oxidation sites excluding steroid dienone is 2. The third-order valence-electron chi connectivity index (χ3n) is 9.42. The van der Waals surface area contributed by atoms with Crippen LogP contribution in [0.5, 0.6) is 5.75 Å². The molecule has 1 N–H and O–H groups in total.